The number of anilines is 1. The molecule has 1 N–H and O–H groups in total. The van der Waals surface area contributed by atoms with E-state index in [2.05, 4.69) is 5.32 Å². The molecule has 126 valence electrons. The van der Waals surface area contributed by atoms with E-state index in [1.807, 2.05) is 0 Å². The first-order valence-corrected chi connectivity index (χ1v) is 7.96. The van der Waals surface area contributed by atoms with Crippen LogP contribution in [0.1, 0.15) is 27.6 Å². The van der Waals surface area contributed by atoms with Gasteiger partial charge in [0.05, 0.1) is 5.52 Å². The molecule has 0 spiro atoms. The van der Waals surface area contributed by atoms with E-state index >= 15 is 0 Å². The van der Waals surface area contributed by atoms with Gasteiger partial charge in [0, 0.05) is 34.9 Å². The number of fused-ring (bicyclic) bond motifs is 1. The molecule has 0 saturated heterocycles. The van der Waals surface area contributed by atoms with Crippen LogP contribution in [0.3, 0.4) is 0 Å². The summed E-state index contributed by atoms with van der Waals surface area (Å²) in [6.07, 6.45) is 1.50. The minimum Gasteiger partial charge on any atom is -0.350 e. The van der Waals surface area contributed by atoms with Crippen LogP contribution >= 0.6 is 11.6 Å². The van der Waals surface area contributed by atoms with Crippen molar-refractivity contribution in [3.63, 3.8) is 0 Å². The van der Waals surface area contributed by atoms with Crippen molar-refractivity contribution < 1.29 is 9.59 Å². The minimum atomic E-state index is -0.516. The summed E-state index contributed by atoms with van der Waals surface area (Å²) < 4.78 is 1.71. The van der Waals surface area contributed by atoms with Gasteiger partial charge in [0.2, 0.25) is 5.43 Å². The van der Waals surface area contributed by atoms with Crippen molar-refractivity contribution in [2.24, 2.45) is 7.05 Å². The van der Waals surface area contributed by atoms with E-state index in [4.69, 9.17) is 11.6 Å². The van der Waals surface area contributed by atoms with Gasteiger partial charge < -0.3 is 9.88 Å². The van der Waals surface area contributed by atoms with Crippen LogP contribution in [0.25, 0.3) is 10.9 Å². The smallest absolute Gasteiger partial charge is 0.261 e. The fraction of sp³-hybridized carbons (Fsp3) is 0.105. The second kappa shape index (κ2) is 6.53. The Morgan fingerprint density at radius 1 is 1.08 bits per heavy atom. The minimum absolute atomic E-state index is 0.0212. The molecule has 1 heterocycles. The number of amides is 1. The van der Waals surface area contributed by atoms with Gasteiger partial charge in [0.25, 0.3) is 5.91 Å². The highest BCUT2D eigenvalue weighted by molar-refractivity contribution is 6.31. The summed E-state index contributed by atoms with van der Waals surface area (Å²) >= 11 is 5.97. The van der Waals surface area contributed by atoms with Gasteiger partial charge in [-0.05, 0) is 49.4 Å². The summed E-state index contributed by atoms with van der Waals surface area (Å²) in [5.41, 5.74) is 1.38. The monoisotopic (exact) mass is 354 g/mol. The fourth-order valence-electron chi connectivity index (χ4n) is 2.61. The van der Waals surface area contributed by atoms with E-state index < -0.39 is 5.91 Å². The standard InChI is InChI=1S/C19H15ClN2O3/c1-11(23)12-3-6-14(7-4-12)21-19(25)16-10-22(2)17-8-5-13(20)9-15(17)18(16)24/h3-10H,1-2H3,(H,21,25). The van der Waals surface area contributed by atoms with Crippen LogP contribution in [-0.2, 0) is 7.05 Å². The molecule has 1 amide bonds. The number of aryl methyl sites for hydroxylation is 1. The van der Waals surface area contributed by atoms with Crippen molar-refractivity contribution >= 4 is 39.9 Å². The zero-order chi connectivity index (χ0) is 18.1. The summed E-state index contributed by atoms with van der Waals surface area (Å²) in [7, 11) is 1.76. The third-order valence-electron chi connectivity index (χ3n) is 3.94. The van der Waals surface area contributed by atoms with Gasteiger partial charge in [-0.15, -0.1) is 0 Å². The topological polar surface area (TPSA) is 68.2 Å². The highest BCUT2D eigenvalue weighted by atomic mass is 35.5. The molecule has 0 aliphatic carbocycles. The first-order chi connectivity index (χ1) is 11.9. The number of benzene rings is 2. The van der Waals surface area contributed by atoms with E-state index in [-0.39, 0.29) is 16.8 Å². The molecule has 0 fully saturated rings. The van der Waals surface area contributed by atoms with Gasteiger partial charge in [0.1, 0.15) is 5.56 Å². The molecule has 0 bridgehead atoms. The number of halogens is 1. The molecular weight excluding hydrogens is 340 g/mol. The lowest BCUT2D eigenvalue weighted by atomic mass is 10.1. The predicted octanol–water partition coefficient (Wildman–Crippen LogP) is 3.65. The number of carbonyl (C=O) groups is 2. The first kappa shape index (κ1) is 16.9. The van der Waals surface area contributed by atoms with Crippen LogP contribution < -0.4 is 10.7 Å². The summed E-state index contributed by atoms with van der Waals surface area (Å²) in [5.74, 6) is -0.573. The fourth-order valence-corrected chi connectivity index (χ4v) is 2.79. The Hall–Kier alpha value is -2.92. The van der Waals surface area contributed by atoms with Crippen molar-refractivity contribution in [3.8, 4) is 0 Å². The van der Waals surface area contributed by atoms with Crippen LogP contribution in [0.2, 0.25) is 5.02 Å². The molecule has 3 aromatic rings. The number of rotatable bonds is 3. The van der Waals surface area contributed by atoms with Crippen LogP contribution in [0, 0.1) is 0 Å². The molecule has 0 atom stereocenters. The quantitative estimate of drug-likeness (QED) is 0.730. The molecular formula is C19H15ClN2O3. The number of nitrogens with one attached hydrogen (secondary N) is 1. The van der Waals surface area contributed by atoms with Gasteiger partial charge >= 0.3 is 0 Å². The van der Waals surface area contributed by atoms with E-state index in [1.54, 1.807) is 54.1 Å². The third kappa shape index (κ3) is 3.32. The number of aromatic nitrogens is 1. The lowest BCUT2D eigenvalue weighted by Crippen LogP contribution is -2.23. The molecule has 2 aromatic carbocycles. The average molecular weight is 355 g/mol. The molecule has 0 aliphatic rings. The molecule has 5 nitrogen and oxygen atoms in total. The maximum Gasteiger partial charge on any atom is 0.261 e. The molecule has 3 rings (SSSR count). The Morgan fingerprint density at radius 2 is 1.76 bits per heavy atom. The van der Waals surface area contributed by atoms with Gasteiger partial charge in [-0.3, -0.25) is 14.4 Å². The Balaban J connectivity index is 1.98. The highest BCUT2D eigenvalue weighted by Crippen LogP contribution is 2.17. The van der Waals surface area contributed by atoms with E-state index in [0.29, 0.717) is 27.2 Å². The highest BCUT2D eigenvalue weighted by Gasteiger charge is 2.15. The van der Waals surface area contributed by atoms with Crippen molar-refractivity contribution in [2.75, 3.05) is 5.32 Å². The van der Waals surface area contributed by atoms with E-state index in [0.717, 1.165) is 0 Å². The Labute approximate surface area is 148 Å². The van der Waals surface area contributed by atoms with Gasteiger partial charge in [-0.2, -0.15) is 0 Å². The second-order valence-electron chi connectivity index (χ2n) is 5.73. The van der Waals surface area contributed by atoms with Gasteiger partial charge in [-0.25, -0.2) is 0 Å². The number of nitrogens with zero attached hydrogens (tertiary/aromatic N) is 1. The summed E-state index contributed by atoms with van der Waals surface area (Å²) in [6, 6.07) is 11.5. The molecule has 1 aromatic heterocycles. The Bertz CT molecular complexity index is 1050. The van der Waals surface area contributed by atoms with Crippen LogP contribution in [0.15, 0.2) is 53.5 Å². The van der Waals surface area contributed by atoms with Crippen molar-refractivity contribution in [3.05, 3.63) is 75.0 Å². The number of carbonyl (C=O) groups excluding carboxylic acids is 2. The Kier molecular flexibility index (Phi) is 4.42. The zero-order valence-corrected chi connectivity index (χ0v) is 14.4. The molecule has 6 heteroatoms. The number of hydrogen-bond donors (Lipinski definition) is 1. The Morgan fingerprint density at radius 3 is 2.40 bits per heavy atom. The van der Waals surface area contributed by atoms with Crippen molar-refractivity contribution in [1.82, 2.24) is 4.57 Å². The third-order valence-corrected chi connectivity index (χ3v) is 4.18. The van der Waals surface area contributed by atoms with E-state index in [1.165, 1.54) is 13.1 Å². The first-order valence-electron chi connectivity index (χ1n) is 7.58. The average Bonchev–Trinajstić information content (AvgIpc) is 2.58. The summed E-state index contributed by atoms with van der Waals surface area (Å²) in [4.78, 5) is 36.4. The normalized spacial score (nSPS) is 10.7. The van der Waals surface area contributed by atoms with Crippen molar-refractivity contribution in [1.29, 1.82) is 0 Å². The van der Waals surface area contributed by atoms with Gasteiger partial charge in [-0.1, -0.05) is 11.6 Å². The number of hydrogen-bond acceptors (Lipinski definition) is 3. The largest absolute Gasteiger partial charge is 0.350 e. The number of pyridine rings is 1. The van der Waals surface area contributed by atoms with Crippen LogP contribution in [0.5, 0.6) is 0 Å². The maximum absolute atomic E-state index is 12.6. The molecule has 25 heavy (non-hydrogen) atoms. The van der Waals surface area contributed by atoms with Gasteiger partial charge in [0.15, 0.2) is 5.78 Å². The lowest BCUT2D eigenvalue weighted by molar-refractivity contribution is 0.101. The number of Topliss-reactive ketones (excluding diaryl/α,β-unsaturated/α-hetero) is 1. The second-order valence-corrected chi connectivity index (χ2v) is 6.17. The number of ketones is 1. The molecule has 0 unspecified atom stereocenters. The van der Waals surface area contributed by atoms with Crippen LogP contribution in [0.4, 0.5) is 5.69 Å². The predicted molar refractivity (Wildman–Crippen MR) is 98.6 cm³/mol. The summed E-state index contributed by atoms with van der Waals surface area (Å²) in [6.45, 7) is 1.47. The van der Waals surface area contributed by atoms with Crippen LogP contribution in [-0.4, -0.2) is 16.3 Å². The van der Waals surface area contributed by atoms with E-state index in [9.17, 15) is 14.4 Å². The lowest BCUT2D eigenvalue weighted by Gasteiger charge is -2.10. The summed E-state index contributed by atoms with van der Waals surface area (Å²) in [5, 5.41) is 3.49. The molecule has 0 saturated carbocycles. The maximum atomic E-state index is 12.6. The SMILES string of the molecule is CC(=O)c1ccc(NC(=O)c2cn(C)c3ccc(Cl)cc3c2=O)cc1. The molecule has 0 aliphatic heterocycles. The molecule has 0 radical (unpaired) electrons. The zero-order valence-electron chi connectivity index (χ0n) is 13.7. The van der Waals surface area contributed by atoms with Crippen molar-refractivity contribution in [2.45, 2.75) is 6.92 Å².